The van der Waals surface area contributed by atoms with Crippen molar-refractivity contribution in [3.05, 3.63) is 37.2 Å². The van der Waals surface area contributed by atoms with E-state index in [1.54, 1.807) is 13.8 Å². The van der Waals surface area contributed by atoms with Crippen molar-refractivity contribution in [3.8, 4) is 22.6 Å². The fraction of sp³-hybridized carbons (Fsp3) is 0.263. The fourth-order valence-corrected chi connectivity index (χ4v) is 3.54. The number of anilines is 1. The first-order valence-corrected chi connectivity index (χ1v) is 9.97. The average molecular weight is 546 g/mol. The molecule has 166 valence electrons. The number of carbonyl (C=O) groups is 3. The minimum absolute atomic E-state index is 0.0592. The SMILES string of the molecule is CCOC(=O)COc1c(I)cc(-c2c(C(=O)O)c(N)[nH]c(=O)c2C(=O)O)cc1OCC. The molecule has 0 unspecified atom stereocenters. The van der Waals surface area contributed by atoms with Crippen molar-refractivity contribution in [1.82, 2.24) is 4.98 Å². The topological polar surface area (TPSA) is 178 Å². The van der Waals surface area contributed by atoms with E-state index < -0.39 is 47.0 Å². The number of carboxylic acids is 2. The number of nitrogens with two attached hydrogens (primary N) is 1. The van der Waals surface area contributed by atoms with E-state index in [4.69, 9.17) is 19.9 Å². The molecule has 0 aliphatic rings. The van der Waals surface area contributed by atoms with Gasteiger partial charge in [-0.15, -0.1) is 0 Å². The number of hydrogen-bond donors (Lipinski definition) is 4. The van der Waals surface area contributed by atoms with Crippen LogP contribution in [0.2, 0.25) is 0 Å². The molecule has 5 N–H and O–H groups in total. The third-order valence-corrected chi connectivity index (χ3v) is 4.71. The zero-order valence-corrected chi connectivity index (χ0v) is 18.6. The van der Waals surface area contributed by atoms with Crippen LogP contribution < -0.4 is 20.8 Å². The number of aromatic nitrogens is 1. The number of carboxylic acid groups (broad SMARTS) is 2. The number of nitrogens with one attached hydrogen (secondary N) is 1. The Morgan fingerprint density at radius 1 is 1.06 bits per heavy atom. The van der Waals surface area contributed by atoms with Gasteiger partial charge in [0.05, 0.1) is 16.8 Å². The summed E-state index contributed by atoms with van der Waals surface area (Å²) in [5.74, 6) is -3.97. The van der Waals surface area contributed by atoms with Gasteiger partial charge in [-0.25, -0.2) is 14.4 Å². The van der Waals surface area contributed by atoms with Gasteiger partial charge in [0.1, 0.15) is 16.9 Å². The molecule has 0 atom stereocenters. The van der Waals surface area contributed by atoms with Crippen LogP contribution in [0.15, 0.2) is 16.9 Å². The number of aromatic amines is 1. The number of benzene rings is 1. The van der Waals surface area contributed by atoms with Crippen molar-refractivity contribution in [2.24, 2.45) is 0 Å². The molecule has 0 amide bonds. The van der Waals surface area contributed by atoms with Crippen molar-refractivity contribution in [1.29, 1.82) is 0 Å². The number of H-pyrrole nitrogens is 1. The number of carbonyl (C=O) groups excluding carboxylic acids is 1. The maximum absolute atomic E-state index is 12.2. The molecule has 11 nitrogen and oxygen atoms in total. The van der Waals surface area contributed by atoms with Crippen LogP contribution in [0.1, 0.15) is 34.6 Å². The maximum atomic E-state index is 12.2. The highest BCUT2D eigenvalue weighted by molar-refractivity contribution is 14.1. The highest BCUT2D eigenvalue weighted by atomic mass is 127. The Labute approximate surface area is 189 Å². The first kappa shape index (κ1) is 24.0. The van der Waals surface area contributed by atoms with Crippen molar-refractivity contribution in [2.75, 3.05) is 25.6 Å². The van der Waals surface area contributed by atoms with Crippen LogP contribution in [0.3, 0.4) is 0 Å². The second-order valence-electron chi connectivity index (χ2n) is 5.92. The van der Waals surface area contributed by atoms with Gasteiger partial charge in [0.25, 0.3) is 5.56 Å². The van der Waals surface area contributed by atoms with Crippen molar-refractivity contribution in [2.45, 2.75) is 13.8 Å². The van der Waals surface area contributed by atoms with E-state index in [9.17, 15) is 29.4 Å². The second kappa shape index (κ2) is 10.1. The lowest BCUT2D eigenvalue weighted by Crippen LogP contribution is -2.24. The molecule has 2 rings (SSSR count). The molecule has 0 aliphatic heterocycles. The monoisotopic (exact) mass is 546 g/mol. The van der Waals surface area contributed by atoms with Gasteiger partial charge in [-0.3, -0.25) is 4.79 Å². The Bertz CT molecular complexity index is 1090. The van der Waals surface area contributed by atoms with Crippen LogP contribution in [0.4, 0.5) is 5.82 Å². The molecule has 0 spiro atoms. The predicted octanol–water partition coefficient (Wildman–Crippen LogP) is 1.97. The number of esters is 1. The Morgan fingerprint density at radius 2 is 1.71 bits per heavy atom. The van der Waals surface area contributed by atoms with Gasteiger partial charge in [-0.2, -0.15) is 0 Å². The zero-order chi connectivity index (χ0) is 23.3. The highest BCUT2D eigenvalue weighted by Gasteiger charge is 2.28. The van der Waals surface area contributed by atoms with Crippen LogP contribution in [-0.4, -0.2) is 52.9 Å². The van der Waals surface area contributed by atoms with Crippen LogP contribution >= 0.6 is 22.6 Å². The third kappa shape index (κ3) is 5.25. The molecule has 1 aromatic heterocycles. The Morgan fingerprint density at radius 3 is 2.26 bits per heavy atom. The summed E-state index contributed by atoms with van der Waals surface area (Å²) >= 11 is 1.85. The third-order valence-electron chi connectivity index (χ3n) is 3.91. The van der Waals surface area contributed by atoms with E-state index in [-0.39, 0.29) is 35.8 Å². The van der Waals surface area contributed by atoms with Gasteiger partial charge in [0, 0.05) is 5.56 Å². The van der Waals surface area contributed by atoms with Gasteiger partial charge in [-0.05, 0) is 54.1 Å². The molecule has 0 saturated heterocycles. The summed E-state index contributed by atoms with van der Waals surface area (Å²) < 4.78 is 16.2. The first-order valence-electron chi connectivity index (χ1n) is 8.89. The van der Waals surface area contributed by atoms with E-state index in [0.29, 0.717) is 3.57 Å². The maximum Gasteiger partial charge on any atom is 0.344 e. The number of ether oxygens (including phenoxy) is 3. The summed E-state index contributed by atoms with van der Waals surface area (Å²) in [4.78, 5) is 49.4. The van der Waals surface area contributed by atoms with Crippen molar-refractivity contribution >= 4 is 46.3 Å². The molecule has 0 bridgehead atoms. The zero-order valence-electron chi connectivity index (χ0n) is 16.5. The lowest BCUT2D eigenvalue weighted by Gasteiger charge is -2.17. The second-order valence-corrected chi connectivity index (χ2v) is 7.08. The predicted molar refractivity (Wildman–Crippen MR) is 117 cm³/mol. The minimum Gasteiger partial charge on any atom is -0.490 e. The van der Waals surface area contributed by atoms with Crippen LogP contribution in [0, 0.1) is 3.57 Å². The molecule has 1 heterocycles. The van der Waals surface area contributed by atoms with Crippen LogP contribution in [0.25, 0.3) is 11.1 Å². The normalized spacial score (nSPS) is 10.4. The van der Waals surface area contributed by atoms with Crippen molar-refractivity contribution < 1.29 is 38.8 Å². The molecule has 2 aromatic rings. The standard InChI is InChI=1S/C19H19IN2O9/c1-3-29-10-6-8(5-9(20)15(10)31-7-11(23)30-4-2)12-13(18(25)26)16(21)22-17(24)14(12)19(27)28/h5-6H,3-4,7H2,1-2H3,(H,25,26)(H,27,28)(H3,21,22,24). The van der Waals surface area contributed by atoms with E-state index in [0.717, 1.165) is 0 Å². The average Bonchev–Trinajstić information content (AvgIpc) is 2.66. The van der Waals surface area contributed by atoms with E-state index in [1.807, 2.05) is 27.6 Å². The highest BCUT2D eigenvalue weighted by Crippen LogP contribution is 2.40. The van der Waals surface area contributed by atoms with Gasteiger partial charge < -0.3 is 35.1 Å². The van der Waals surface area contributed by atoms with Gasteiger partial charge in [0.2, 0.25) is 0 Å². The lowest BCUT2D eigenvalue weighted by molar-refractivity contribution is -0.145. The van der Waals surface area contributed by atoms with Crippen molar-refractivity contribution in [3.63, 3.8) is 0 Å². The Kier molecular flexibility index (Phi) is 7.85. The molecule has 1 aromatic carbocycles. The molecular weight excluding hydrogens is 527 g/mol. The number of pyridine rings is 1. The van der Waals surface area contributed by atoms with Crippen LogP contribution in [-0.2, 0) is 9.53 Å². The smallest absolute Gasteiger partial charge is 0.344 e. The summed E-state index contributed by atoms with van der Waals surface area (Å²) in [7, 11) is 0. The number of nitrogen functional groups attached to an aromatic ring is 1. The van der Waals surface area contributed by atoms with Gasteiger partial charge in [-0.1, -0.05) is 0 Å². The van der Waals surface area contributed by atoms with Crippen LogP contribution in [0.5, 0.6) is 11.5 Å². The molecule has 31 heavy (non-hydrogen) atoms. The molecule has 0 radical (unpaired) electrons. The Hall–Kier alpha value is -3.29. The molecule has 12 heteroatoms. The largest absolute Gasteiger partial charge is 0.490 e. The van der Waals surface area contributed by atoms with Gasteiger partial charge >= 0.3 is 17.9 Å². The number of aromatic carboxylic acids is 2. The summed E-state index contributed by atoms with van der Waals surface area (Å²) in [5, 5.41) is 19.1. The summed E-state index contributed by atoms with van der Waals surface area (Å²) in [6.45, 7) is 3.30. The number of rotatable bonds is 9. The van der Waals surface area contributed by atoms with Gasteiger partial charge in [0.15, 0.2) is 18.1 Å². The molecule has 0 saturated carbocycles. The number of hydrogen-bond acceptors (Lipinski definition) is 8. The molecule has 0 fully saturated rings. The van der Waals surface area contributed by atoms with E-state index in [2.05, 4.69) is 0 Å². The van der Waals surface area contributed by atoms with E-state index >= 15 is 0 Å². The fourth-order valence-electron chi connectivity index (χ4n) is 2.78. The first-order chi connectivity index (χ1) is 14.6. The minimum atomic E-state index is -1.63. The number of halogens is 1. The van der Waals surface area contributed by atoms with E-state index in [1.165, 1.54) is 12.1 Å². The lowest BCUT2D eigenvalue weighted by atomic mass is 9.95. The molecule has 0 aliphatic carbocycles. The summed E-state index contributed by atoms with van der Waals surface area (Å²) in [5.41, 5.74) is 2.93. The Balaban J connectivity index is 2.75. The summed E-state index contributed by atoms with van der Waals surface area (Å²) in [6, 6.07) is 2.72. The quantitative estimate of drug-likeness (QED) is 0.269. The summed E-state index contributed by atoms with van der Waals surface area (Å²) in [6.07, 6.45) is 0. The molecular formula is C19H19IN2O9.